The molecule has 1 atom stereocenters. The van der Waals surface area contributed by atoms with Crippen LogP contribution in [0.4, 0.5) is 4.79 Å². The maximum absolute atomic E-state index is 13.0. The van der Waals surface area contributed by atoms with Gasteiger partial charge >= 0.3 is 18.0 Å². The van der Waals surface area contributed by atoms with Gasteiger partial charge in [-0.3, -0.25) is 4.79 Å². The van der Waals surface area contributed by atoms with Crippen LogP contribution in [0.25, 0.3) is 0 Å². The van der Waals surface area contributed by atoms with Crippen LogP contribution in [0.15, 0.2) is 24.3 Å². The molecule has 0 radical (unpaired) electrons. The highest BCUT2D eigenvalue weighted by Crippen LogP contribution is 2.24. The van der Waals surface area contributed by atoms with Crippen LogP contribution in [-0.2, 0) is 27.3 Å². The lowest BCUT2D eigenvalue weighted by molar-refractivity contribution is -0.145. The Morgan fingerprint density at radius 2 is 2.04 bits per heavy atom. The Labute approximate surface area is 165 Å². The van der Waals surface area contributed by atoms with E-state index in [0.717, 1.165) is 24.0 Å². The highest BCUT2D eigenvalue weighted by molar-refractivity contribution is 5.84. The van der Waals surface area contributed by atoms with E-state index in [1.165, 1.54) is 9.80 Å². The maximum Gasteiger partial charge on any atom is 0.326 e. The fraction of sp³-hybridized carbons (Fsp3) is 0.476. The Kier molecular flexibility index (Phi) is 7.88. The number of carbonyl (C=O) groups is 3. The fourth-order valence-corrected chi connectivity index (χ4v) is 3.11. The van der Waals surface area contributed by atoms with Gasteiger partial charge in [-0.2, -0.15) is 0 Å². The van der Waals surface area contributed by atoms with Crippen molar-refractivity contribution in [2.24, 2.45) is 0 Å². The van der Waals surface area contributed by atoms with Gasteiger partial charge < -0.3 is 19.6 Å². The molecule has 2 rings (SSSR count). The van der Waals surface area contributed by atoms with E-state index in [1.807, 2.05) is 31.2 Å². The van der Waals surface area contributed by atoms with E-state index in [2.05, 4.69) is 5.92 Å². The van der Waals surface area contributed by atoms with Crippen molar-refractivity contribution in [3.05, 3.63) is 35.4 Å². The Morgan fingerprint density at radius 3 is 2.68 bits per heavy atom. The van der Waals surface area contributed by atoms with Crippen LogP contribution in [0, 0.1) is 12.3 Å². The van der Waals surface area contributed by atoms with Gasteiger partial charge in [-0.05, 0) is 17.5 Å². The molecule has 0 unspecified atom stereocenters. The van der Waals surface area contributed by atoms with Crippen LogP contribution in [0.1, 0.15) is 37.3 Å². The first-order valence-corrected chi connectivity index (χ1v) is 9.42. The second-order valence-electron chi connectivity index (χ2n) is 6.69. The summed E-state index contributed by atoms with van der Waals surface area (Å²) in [5.74, 6) is 0.938. The van der Waals surface area contributed by atoms with Gasteiger partial charge in [0.25, 0.3) is 0 Å². The predicted molar refractivity (Wildman–Crippen MR) is 103 cm³/mol. The number of rotatable bonds is 8. The number of amides is 2. The molecule has 1 aliphatic rings. The molecule has 0 spiro atoms. The van der Waals surface area contributed by atoms with E-state index in [4.69, 9.17) is 11.2 Å². The van der Waals surface area contributed by atoms with Crippen molar-refractivity contribution in [2.45, 2.75) is 45.2 Å². The summed E-state index contributed by atoms with van der Waals surface area (Å²) in [6.45, 7) is 2.61. The topological polar surface area (TPSA) is 87.2 Å². The minimum atomic E-state index is -1.07. The van der Waals surface area contributed by atoms with E-state index in [-0.39, 0.29) is 32.5 Å². The fourth-order valence-electron chi connectivity index (χ4n) is 3.11. The SMILES string of the molecule is C#CCN(CCC(=O)OCCCC)C(=O)N1Cc2ccccc2C[C@H]1C(=O)O. The first kappa shape index (κ1) is 21.3. The molecule has 2 amide bonds. The molecular formula is C21H26N2O5. The molecule has 0 saturated carbocycles. The average Bonchev–Trinajstić information content (AvgIpc) is 2.69. The minimum Gasteiger partial charge on any atom is -0.480 e. The predicted octanol–water partition coefficient (Wildman–Crippen LogP) is 2.29. The number of nitrogens with zero attached hydrogens (tertiary/aromatic N) is 2. The molecule has 1 aromatic rings. The smallest absolute Gasteiger partial charge is 0.326 e. The number of hydrogen-bond donors (Lipinski definition) is 1. The third-order valence-corrected chi connectivity index (χ3v) is 4.68. The molecule has 0 aliphatic carbocycles. The molecule has 7 heteroatoms. The quantitative estimate of drug-likeness (QED) is 0.421. The molecule has 0 fully saturated rings. The third-order valence-electron chi connectivity index (χ3n) is 4.68. The molecule has 1 heterocycles. The van der Waals surface area contributed by atoms with Gasteiger partial charge in [0, 0.05) is 19.5 Å². The van der Waals surface area contributed by atoms with Crippen molar-refractivity contribution in [1.82, 2.24) is 9.80 Å². The van der Waals surface area contributed by atoms with E-state index in [9.17, 15) is 19.5 Å². The number of aliphatic carboxylic acids is 1. The summed E-state index contributed by atoms with van der Waals surface area (Å²) in [4.78, 5) is 39.2. The van der Waals surface area contributed by atoms with Gasteiger partial charge in [0.1, 0.15) is 6.04 Å². The number of unbranched alkanes of at least 4 members (excludes halogenated alkanes) is 1. The van der Waals surface area contributed by atoms with Crippen LogP contribution < -0.4 is 0 Å². The number of terminal acetylenes is 1. The number of fused-ring (bicyclic) bond motifs is 1. The molecular weight excluding hydrogens is 360 g/mol. The largest absolute Gasteiger partial charge is 0.480 e. The lowest BCUT2D eigenvalue weighted by atomic mass is 9.94. The van der Waals surface area contributed by atoms with Crippen LogP contribution in [0.3, 0.4) is 0 Å². The molecule has 150 valence electrons. The second kappa shape index (κ2) is 10.4. The molecule has 1 aromatic carbocycles. The molecule has 1 N–H and O–H groups in total. The monoisotopic (exact) mass is 386 g/mol. The van der Waals surface area contributed by atoms with Crippen molar-refractivity contribution in [1.29, 1.82) is 0 Å². The van der Waals surface area contributed by atoms with Gasteiger partial charge in [0.05, 0.1) is 19.6 Å². The Morgan fingerprint density at radius 1 is 1.32 bits per heavy atom. The van der Waals surface area contributed by atoms with E-state index < -0.39 is 24.0 Å². The molecule has 0 saturated heterocycles. The summed E-state index contributed by atoms with van der Waals surface area (Å²) in [5, 5.41) is 9.61. The molecule has 1 aliphatic heterocycles. The zero-order valence-corrected chi connectivity index (χ0v) is 16.1. The lowest BCUT2D eigenvalue weighted by Crippen LogP contribution is -2.53. The first-order valence-electron chi connectivity index (χ1n) is 9.42. The van der Waals surface area contributed by atoms with Crippen molar-refractivity contribution in [2.75, 3.05) is 19.7 Å². The number of carboxylic acid groups (broad SMARTS) is 1. The second-order valence-corrected chi connectivity index (χ2v) is 6.69. The number of esters is 1. The van der Waals surface area contributed by atoms with Gasteiger partial charge in [-0.1, -0.05) is 43.5 Å². The van der Waals surface area contributed by atoms with Crippen molar-refractivity contribution in [3.63, 3.8) is 0 Å². The zero-order chi connectivity index (χ0) is 20.5. The Hall–Kier alpha value is -3.01. The summed E-state index contributed by atoms with van der Waals surface area (Å²) in [7, 11) is 0. The van der Waals surface area contributed by atoms with Gasteiger partial charge in [0.2, 0.25) is 0 Å². The van der Waals surface area contributed by atoms with Crippen LogP contribution in [0.5, 0.6) is 0 Å². The van der Waals surface area contributed by atoms with Gasteiger partial charge in [0.15, 0.2) is 0 Å². The van der Waals surface area contributed by atoms with Crippen LogP contribution in [-0.4, -0.2) is 58.6 Å². The molecule has 0 bridgehead atoms. The Balaban J connectivity index is 2.09. The highest BCUT2D eigenvalue weighted by Gasteiger charge is 2.36. The standard InChI is InChI=1S/C21H26N2O5/c1-3-5-13-28-19(24)10-12-22(11-4-2)21(27)23-15-17-9-7-6-8-16(17)14-18(23)20(25)26/h2,6-9,18H,3,5,10-15H2,1H3,(H,25,26)/t18-/m0/s1. The lowest BCUT2D eigenvalue weighted by Gasteiger charge is -2.37. The molecule has 0 aromatic heterocycles. The van der Waals surface area contributed by atoms with E-state index >= 15 is 0 Å². The average molecular weight is 386 g/mol. The molecule has 28 heavy (non-hydrogen) atoms. The number of carboxylic acids is 1. The number of ether oxygens (including phenoxy) is 1. The van der Waals surface area contributed by atoms with E-state index in [1.54, 1.807) is 0 Å². The van der Waals surface area contributed by atoms with Gasteiger partial charge in [-0.25, -0.2) is 9.59 Å². The minimum absolute atomic E-state index is 0.00837. The summed E-state index contributed by atoms with van der Waals surface area (Å²) < 4.78 is 5.11. The summed E-state index contributed by atoms with van der Waals surface area (Å²) in [5.41, 5.74) is 1.83. The van der Waals surface area contributed by atoms with Crippen molar-refractivity contribution in [3.8, 4) is 12.3 Å². The van der Waals surface area contributed by atoms with Gasteiger partial charge in [-0.15, -0.1) is 6.42 Å². The third kappa shape index (κ3) is 5.49. The van der Waals surface area contributed by atoms with Crippen molar-refractivity contribution < 1.29 is 24.2 Å². The Bertz CT molecular complexity index is 755. The highest BCUT2D eigenvalue weighted by atomic mass is 16.5. The normalized spacial score (nSPS) is 15.3. The number of carbonyl (C=O) groups excluding carboxylic acids is 2. The number of benzene rings is 1. The maximum atomic E-state index is 13.0. The summed E-state index contributed by atoms with van der Waals surface area (Å²) in [6.07, 6.45) is 7.33. The van der Waals surface area contributed by atoms with Crippen LogP contribution in [0.2, 0.25) is 0 Å². The zero-order valence-electron chi connectivity index (χ0n) is 16.1. The number of urea groups is 1. The summed E-state index contributed by atoms with van der Waals surface area (Å²) >= 11 is 0. The summed E-state index contributed by atoms with van der Waals surface area (Å²) in [6, 6.07) is 6.00. The van der Waals surface area contributed by atoms with Crippen LogP contribution >= 0.6 is 0 Å². The number of hydrogen-bond acceptors (Lipinski definition) is 4. The molecule has 7 nitrogen and oxygen atoms in total. The van der Waals surface area contributed by atoms with E-state index in [0.29, 0.717) is 6.61 Å². The first-order chi connectivity index (χ1) is 13.5. The van der Waals surface area contributed by atoms with Crippen molar-refractivity contribution >= 4 is 18.0 Å².